The van der Waals surface area contributed by atoms with Gasteiger partial charge >= 0.3 is 264 Å². The molecule has 1 amide bonds. The quantitative estimate of drug-likeness (QED) is 0.228. The molecule has 8 nitrogen and oxygen atoms in total. The summed E-state index contributed by atoms with van der Waals surface area (Å²) in [6.45, 7) is 10.8. The van der Waals surface area contributed by atoms with Crippen LogP contribution in [0.3, 0.4) is 0 Å². The Morgan fingerprint density at radius 2 is 1.74 bits per heavy atom. The molecule has 43 heavy (non-hydrogen) atoms. The number of piperidine rings is 1. The number of amides is 1. The van der Waals surface area contributed by atoms with Crippen molar-refractivity contribution >= 4 is 58.4 Å². The number of carbonyl (C=O) groups is 3. The summed E-state index contributed by atoms with van der Waals surface area (Å²) in [5.41, 5.74) is 2.21. The van der Waals surface area contributed by atoms with Gasteiger partial charge in [0.15, 0.2) is 0 Å². The van der Waals surface area contributed by atoms with Crippen molar-refractivity contribution in [3.63, 3.8) is 0 Å². The van der Waals surface area contributed by atoms with E-state index in [9.17, 15) is 14.4 Å². The van der Waals surface area contributed by atoms with E-state index in [-0.39, 0.29) is 16.6 Å². The van der Waals surface area contributed by atoms with Crippen molar-refractivity contribution in [3.8, 4) is 0 Å². The molecule has 2 aromatic heterocycles. The fourth-order valence-electron chi connectivity index (χ4n) is 5.13. The van der Waals surface area contributed by atoms with Gasteiger partial charge in [-0.15, -0.1) is 0 Å². The van der Waals surface area contributed by atoms with Crippen LogP contribution in [0.25, 0.3) is 10.2 Å². The van der Waals surface area contributed by atoms with Crippen molar-refractivity contribution < 1.29 is 19.1 Å². The van der Waals surface area contributed by atoms with Gasteiger partial charge in [-0.05, 0) is 0 Å². The number of benzene rings is 2. The van der Waals surface area contributed by atoms with Crippen molar-refractivity contribution in [1.82, 2.24) is 20.0 Å². The molecule has 5 rings (SSSR count). The van der Waals surface area contributed by atoms with Gasteiger partial charge < -0.3 is 0 Å². The zero-order chi connectivity index (χ0) is 30.6. The Bertz CT molecular complexity index is 1590. The molecule has 226 valence electrons. The first-order chi connectivity index (χ1) is 20.6. The van der Waals surface area contributed by atoms with E-state index < -0.39 is 27.4 Å². The molecule has 1 N–H and O–H groups in total. The summed E-state index contributed by atoms with van der Waals surface area (Å²) < 4.78 is 7.38. The molecule has 10 heteroatoms. The Labute approximate surface area is 263 Å². The van der Waals surface area contributed by atoms with E-state index in [1.165, 1.54) is 40.8 Å². The van der Waals surface area contributed by atoms with Crippen LogP contribution < -0.4 is 9.80 Å². The van der Waals surface area contributed by atoms with Gasteiger partial charge in [0, 0.05) is 0 Å². The van der Waals surface area contributed by atoms with Gasteiger partial charge in [0.2, 0.25) is 0 Å². The third kappa shape index (κ3) is 7.46. The van der Waals surface area contributed by atoms with Crippen molar-refractivity contribution in [1.29, 1.82) is 0 Å². The van der Waals surface area contributed by atoms with E-state index in [2.05, 4.69) is 15.3 Å². The summed E-state index contributed by atoms with van der Waals surface area (Å²) in [4.78, 5) is 43.4. The molecule has 3 heterocycles. The maximum atomic E-state index is 13.5. The van der Waals surface area contributed by atoms with Crippen LogP contribution >= 0.6 is 11.3 Å². The zero-order valence-electron chi connectivity index (χ0n) is 25.2. The van der Waals surface area contributed by atoms with Gasteiger partial charge in [0.1, 0.15) is 0 Å². The molecule has 0 bridgehead atoms. The van der Waals surface area contributed by atoms with Crippen molar-refractivity contribution in [2.45, 2.75) is 71.6 Å². The normalized spacial score (nSPS) is 15.2. The second-order valence-corrected chi connectivity index (χ2v) is 15.1. The molecule has 1 fully saturated rings. The SMILES string of the molecule is CCC(C)OC(=O)n1nc([AsH]C(=O)c2ccc(CN3CCCCC3)cc2)c2cc(C(=O)NC(C)(C)c3ccccc3)sc21. The van der Waals surface area contributed by atoms with Gasteiger partial charge in [-0.3, -0.25) is 0 Å². The number of hydrogen-bond acceptors (Lipinski definition) is 7. The van der Waals surface area contributed by atoms with Crippen LogP contribution in [0.4, 0.5) is 4.79 Å². The third-order valence-electron chi connectivity index (χ3n) is 7.86. The van der Waals surface area contributed by atoms with E-state index in [0.29, 0.717) is 31.6 Å². The molecule has 2 aromatic carbocycles. The molecule has 4 aromatic rings. The number of nitrogens with one attached hydrogen (secondary N) is 1. The molecule has 0 radical (unpaired) electrons. The number of likely N-dealkylation sites (tertiary alicyclic amines) is 1. The Balaban J connectivity index is 1.39. The first kappa shape index (κ1) is 31.2. The van der Waals surface area contributed by atoms with Gasteiger partial charge in [-0.1, -0.05) is 0 Å². The molecule has 0 spiro atoms. The van der Waals surface area contributed by atoms with E-state index in [4.69, 9.17) is 4.74 Å². The van der Waals surface area contributed by atoms with Gasteiger partial charge in [0.05, 0.1) is 0 Å². The molecule has 1 aliphatic heterocycles. The van der Waals surface area contributed by atoms with Crippen molar-refractivity contribution in [3.05, 3.63) is 82.2 Å². The molecular weight excluding hydrogens is 623 g/mol. The average Bonchev–Trinajstić information content (AvgIpc) is 3.59. The molecule has 2 atom stereocenters. The summed E-state index contributed by atoms with van der Waals surface area (Å²) in [6.07, 6.45) is 3.55. The summed E-state index contributed by atoms with van der Waals surface area (Å²) in [6, 6.07) is 19.4. The van der Waals surface area contributed by atoms with Crippen LogP contribution in [-0.4, -0.2) is 66.2 Å². The van der Waals surface area contributed by atoms with Crippen LogP contribution in [0.15, 0.2) is 60.7 Å². The fraction of sp³-hybridized carbons (Fsp3) is 0.394. The summed E-state index contributed by atoms with van der Waals surface area (Å²) in [5, 5.41) is 8.34. The summed E-state index contributed by atoms with van der Waals surface area (Å²) in [5.74, 6) is -0.251. The zero-order valence-corrected chi connectivity index (χ0v) is 28.1. The number of rotatable bonds is 10. The van der Waals surface area contributed by atoms with Crippen LogP contribution in [0.5, 0.6) is 0 Å². The minimum absolute atomic E-state index is 0.0220. The first-order valence-electron chi connectivity index (χ1n) is 14.9. The molecule has 2 unspecified atom stereocenters. The topological polar surface area (TPSA) is 93.5 Å². The Morgan fingerprint density at radius 1 is 1.05 bits per heavy atom. The standard InChI is InChI=1S/C33H39AsN4O4S/c1-5-22(2)42-32(41)38-31-26(20-27(43-31)30(40)35-33(3,4)25-12-8-6-9-13-25)28(36-38)34-29(39)24-16-14-23(15-17-24)21-37-18-10-7-11-19-37/h6,8-9,12-17,20,22,34H,5,7,10-11,18-19,21H2,1-4H3,(H,35,40). The van der Waals surface area contributed by atoms with Gasteiger partial charge in [0.25, 0.3) is 0 Å². The van der Waals surface area contributed by atoms with Crippen LogP contribution in [0, 0.1) is 0 Å². The average molecular weight is 663 g/mol. The second kappa shape index (κ2) is 13.6. The number of carbonyl (C=O) groups excluding carboxylic acids is 3. The minimum atomic E-state index is -1.43. The van der Waals surface area contributed by atoms with E-state index in [1.54, 1.807) is 6.07 Å². The third-order valence-corrected chi connectivity index (χ3v) is 11.3. The van der Waals surface area contributed by atoms with Gasteiger partial charge in [-0.2, -0.15) is 0 Å². The van der Waals surface area contributed by atoms with Gasteiger partial charge in [-0.25, -0.2) is 0 Å². The Hall–Kier alpha value is -3.26. The van der Waals surface area contributed by atoms with E-state index >= 15 is 0 Å². The number of thiophene rings is 1. The summed E-state index contributed by atoms with van der Waals surface area (Å²) in [7, 11) is 0. The molecule has 1 aliphatic rings. The summed E-state index contributed by atoms with van der Waals surface area (Å²) >= 11 is -0.245. The Morgan fingerprint density at radius 3 is 2.42 bits per heavy atom. The predicted molar refractivity (Wildman–Crippen MR) is 173 cm³/mol. The van der Waals surface area contributed by atoms with Crippen molar-refractivity contribution in [2.75, 3.05) is 13.1 Å². The number of fused-ring (bicyclic) bond motifs is 1. The number of nitrogens with zero attached hydrogens (tertiary/aromatic N) is 3. The molecular formula is C33H39AsN4O4S. The second-order valence-electron chi connectivity index (χ2n) is 11.6. The number of hydrogen-bond donors (Lipinski definition) is 1. The van der Waals surface area contributed by atoms with Crippen LogP contribution in [0.2, 0.25) is 0 Å². The Kier molecular flexibility index (Phi) is 9.84. The van der Waals surface area contributed by atoms with E-state index in [1.807, 2.05) is 82.3 Å². The predicted octanol–water partition coefficient (Wildman–Crippen LogP) is 5.43. The van der Waals surface area contributed by atoms with Crippen molar-refractivity contribution in [2.24, 2.45) is 0 Å². The fourth-order valence-corrected chi connectivity index (χ4v) is 8.42. The van der Waals surface area contributed by atoms with Crippen LogP contribution in [0.1, 0.15) is 84.5 Å². The molecule has 0 saturated carbocycles. The molecule has 0 aliphatic carbocycles. The molecule has 1 saturated heterocycles. The first-order valence-corrected chi connectivity index (χ1v) is 17.8. The van der Waals surface area contributed by atoms with Crippen LogP contribution in [-0.2, 0) is 16.8 Å². The number of aromatic nitrogens is 2. The number of ether oxygens (including phenoxy) is 1. The van der Waals surface area contributed by atoms with E-state index in [0.717, 1.165) is 25.2 Å². The maximum absolute atomic E-state index is 13.5. The monoisotopic (exact) mass is 662 g/mol.